The lowest BCUT2D eigenvalue weighted by molar-refractivity contribution is 0.515. The van der Waals surface area contributed by atoms with Gasteiger partial charge in [-0.3, -0.25) is 4.98 Å². The quantitative estimate of drug-likeness (QED) is 0.864. The van der Waals surface area contributed by atoms with Gasteiger partial charge in [0.15, 0.2) is 0 Å². The van der Waals surface area contributed by atoms with Crippen molar-refractivity contribution in [2.24, 2.45) is 0 Å². The lowest BCUT2D eigenvalue weighted by atomic mass is 10.0. The molecule has 0 saturated carbocycles. The summed E-state index contributed by atoms with van der Waals surface area (Å²) in [4.78, 5) is 4.93. The Morgan fingerprint density at radius 3 is 2.83 bits per heavy atom. The summed E-state index contributed by atoms with van der Waals surface area (Å²) in [6.45, 7) is 0. The molecule has 1 atom stereocenters. The van der Waals surface area contributed by atoms with Crippen molar-refractivity contribution < 1.29 is 8.78 Å². The van der Waals surface area contributed by atoms with Crippen LogP contribution in [0.3, 0.4) is 0 Å². The number of hydrogen-bond donors (Lipinski definition) is 1. The number of hydrogen-bond acceptors (Lipinski definition) is 3. The van der Waals surface area contributed by atoms with Crippen molar-refractivity contribution in [3.63, 3.8) is 0 Å². The molecule has 1 unspecified atom stereocenters. The van der Waals surface area contributed by atoms with Crippen molar-refractivity contribution in [1.29, 1.82) is 0 Å². The van der Waals surface area contributed by atoms with Gasteiger partial charge in [-0.05, 0) is 41.5 Å². The second kappa shape index (κ2) is 5.86. The number of likely N-dealkylation sites (N-methyl/N-ethyl adjacent to an activating group) is 1. The first-order chi connectivity index (χ1) is 8.63. The predicted octanol–water partition coefficient (Wildman–Crippen LogP) is 3.69. The van der Waals surface area contributed by atoms with E-state index < -0.39 is 11.6 Å². The van der Waals surface area contributed by atoms with Crippen LogP contribution >= 0.6 is 27.3 Å². The molecule has 0 spiro atoms. The number of nitrogens with one attached hydrogen (secondary N) is 1. The molecule has 0 aliphatic rings. The number of thiazole rings is 1. The zero-order chi connectivity index (χ0) is 13.1. The van der Waals surface area contributed by atoms with E-state index in [0.717, 1.165) is 4.88 Å². The van der Waals surface area contributed by atoms with Crippen molar-refractivity contribution in [3.05, 3.63) is 50.4 Å². The third-order valence-electron chi connectivity index (χ3n) is 2.69. The standard InChI is InChI=1S/C12H11BrF2N2S/c1-16-10(11-5-17-6-18-11)4-7-9(14)3-2-8(13)12(7)15/h2-3,5-6,10,16H,4H2,1H3. The van der Waals surface area contributed by atoms with Crippen LogP contribution in [-0.4, -0.2) is 12.0 Å². The van der Waals surface area contributed by atoms with Gasteiger partial charge in [-0.1, -0.05) is 0 Å². The molecule has 2 nitrogen and oxygen atoms in total. The fraction of sp³-hybridized carbons (Fsp3) is 0.250. The summed E-state index contributed by atoms with van der Waals surface area (Å²) in [5.41, 5.74) is 1.78. The minimum atomic E-state index is -0.542. The number of halogens is 3. The Kier molecular flexibility index (Phi) is 4.42. The van der Waals surface area contributed by atoms with Crippen molar-refractivity contribution in [3.8, 4) is 0 Å². The van der Waals surface area contributed by atoms with E-state index in [1.807, 2.05) is 0 Å². The van der Waals surface area contributed by atoms with Crippen molar-refractivity contribution in [1.82, 2.24) is 10.3 Å². The van der Waals surface area contributed by atoms with E-state index >= 15 is 0 Å². The van der Waals surface area contributed by atoms with E-state index in [0.29, 0.717) is 0 Å². The van der Waals surface area contributed by atoms with Crippen LogP contribution in [-0.2, 0) is 6.42 Å². The van der Waals surface area contributed by atoms with Crippen LogP contribution in [0.4, 0.5) is 8.78 Å². The summed E-state index contributed by atoms with van der Waals surface area (Å²) < 4.78 is 27.8. The number of aromatic nitrogens is 1. The Morgan fingerprint density at radius 2 is 2.22 bits per heavy atom. The topological polar surface area (TPSA) is 24.9 Å². The zero-order valence-corrected chi connectivity index (χ0v) is 12.0. The molecular formula is C12H11BrF2N2S. The molecule has 96 valence electrons. The lowest BCUT2D eigenvalue weighted by Crippen LogP contribution is -2.19. The van der Waals surface area contributed by atoms with Gasteiger partial charge in [0.05, 0.1) is 9.98 Å². The van der Waals surface area contributed by atoms with E-state index in [1.165, 1.54) is 23.5 Å². The van der Waals surface area contributed by atoms with Crippen LogP contribution in [0.25, 0.3) is 0 Å². The molecule has 2 aromatic rings. The van der Waals surface area contributed by atoms with E-state index in [9.17, 15) is 8.78 Å². The summed E-state index contributed by atoms with van der Waals surface area (Å²) in [5, 5.41) is 3.05. The second-order valence-corrected chi connectivity index (χ2v) is 5.54. The molecule has 1 aromatic heterocycles. The first-order valence-corrected chi connectivity index (χ1v) is 6.98. The SMILES string of the molecule is CNC(Cc1c(F)ccc(Br)c1F)c1cncs1. The highest BCUT2D eigenvalue weighted by Crippen LogP contribution is 2.27. The first-order valence-electron chi connectivity index (χ1n) is 5.31. The Labute approximate surface area is 116 Å². The van der Waals surface area contributed by atoms with Gasteiger partial charge in [-0.15, -0.1) is 11.3 Å². The van der Waals surface area contributed by atoms with Gasteiger partial charge in [0.1, 0.15) is 11.6 Å². The molecular weight excluding hydrogens is 322 g/mol. The monoisotopic (exact) mass is 332 g/mol. The Balaban J connectivity index is 2.30. The maximum Gasteiger partial charge on any atom is 0.143 e. The molecule has 6 heteroatoms. The molecule has 18 heavy (non-hydrogen) atoms. The fourth-order valence-corrected chi connectivity index (χ4v) is 2.81. The van der Waals surface area contributed by atoms with Gasteiger partial charge >= 0.3 is 0 Å². The van der Waals surface area contributed by atoms with Gasteiger partial charge in [0.2, 0.25) is 0 Å². The largest absolute Gasteiger partial charge is 0.312 e. The van der Waals surface area contributed by atoms with Crippen LogP contribution in [0.15, 0.2) is 28.3 Å². The highest BCUT2D eigenvalue weighted by Gasteiger charge is 2.18. The number of rotatable bonds is 4. The molecule has 0 radical (unpaired) electrons. The van der Waals surface area contributed by atoms with E-state index in [-0.39, 0.29) is 22.5 Å². The molecule has 2 rings (SSSR count). The maximum atomic E-state index is 13.9. The van der Waals surface area contributed by atoms with E-state index in [2.05, 4.69) is 26.2 Å². The van der Waals surface area contributed by atoms with Crippen molar-refractivity contribution in [2.45, 2.75) is 12.5 Å². The van der Waals surface area contributed by atoms with Gasteiger partial charge in [0.25, 0.3) is 0 Å². The van der Waals surface area contributed by atoms with Gasteiger partial charge in [-0.2, -0.15) is 0 Å². The Bertz CT molecular complexity index is 531. The molecule has 0 aliphatic carbocycles. The average molecular weight is 333 g/mol. The number of nitrogens with zero attached hydrogens (tertiary/aromatic N) is 1. The third kappa shape index (κ3) is 2.76. The van der Waals surface area contributed by atoms with Crippen LogP contribution in [0.1, 0.15) is 16.5 Å². The molecule has 1 N–H and O–H groups in total. The molecule has 0 saturated heterocycles. The second-order valence-electron chi connectivity index (χ2n) is 3.77. The molecule has 0 bridgehead atoms. The highest BCUT2D eigenvalue weighted by molar-refractivity contribution is 9.10. The smallest absolute Gasteiger partial charge is 0.143 e. The summed E-state index contributed by atoms with van der Waals surface area (Å²) in [7, 11) is 1.76. The summed E-state index contributed by atoms with van der Waals surface area (Å²) >= 11 is 4.53. The van der Waals surface area contributed by atoms with E-state index in [1.54, 1.807) is 18.8 Å². The summed E-state index contributed by atoms with van der Waals surface area (Å²) in [6, 6.07) is 2.49. The lowest BCUT2D eigenvalue weighted by Gasteiger charge is -2.15. The normalized spacial score (nSPS) is 12.7. The molecule has 0 fully saturated rings. The van der Waals surface area contributed by atoms with Gasteiger partial charge < -0.3 is 5.32 Å². The minimum Gasteiger partial charge on any atom is -0.312 e. The third-order valence-corrected chi connectivity index (χ3v) is 4.19. The van der Waals surface area contributed by atoms with Crippen LogP contribution in [0.5, 0.6) is 0 Å². The summed E-state index contributed by atoms with van der Waals surface area (Å²) in [6.07, 6.45) is 1.95. The molecule has 1 heterocycles. The maximum absolute atomic E-state index is 13.9. The Hall–Kier alpha value is -0.850. The fourth-order valence-electron chi connectivity index (χ4n) is 1.70. The molecule has 0 aliphatic heterocycles. The summed E-state index contributed by atoms with van der Waals surface area (Å²) in [5.74, 6) is -1.07. The van der Waals surface area contributed by atoms with E-state index in [4.69, 9.17) is 0 Å². The highest BCUT2D eigenvalue weighted by atomic mass is 79.9. The molecule has 0 amide bonds. The molecule has 1 aromatic carbocycles. The average Bonchev–Trinajstić information content (AvgIpc) is 2.88. The zero-order valence-electron chi connectivity index (χ0n) is 9.58. The Morgan fingerprint density at radius 1 is 1.44 bits per heavy atom. The first kappa shape index (κ1) is 13.6. The van der Waals surface area contributed by atoms with Crippen LogP contribution in [0, 0.1) is 11.6 Å². The van der Waals surface area contributed by atoms with Gasteiger partial charge in [0, 0.05) is 22.7 Å². The van der Waals surface area contributed by atoms with Gasteiger partial charge in [-0.25, -0.2) is 8.78 Å². The van der Waals surface area contributed by atoms with Crippen LogP contribution in [0.2, 0.25) is 0 Å². The van der Waals surface area contributed by atoms with Crippen molar-refractivity contribution >= 4 is 27.3 Å². The van der Waals surface area contributed by atoms with Crippen molar-refractivity contribution in [2.75, 3.05) is 7.05 Å². The number of benzene rings is 1. The predicted molar refractivity (Wildman–Crippen MR) is 71.7 cm³/mol. The van der Waals surface area contributed by atoms with Crippen LogP contribution < -0.4 is 5.32 Å². The minimum absolute atomic E-state index is 0.0807.